The number of guanidine groups is 1. The summed E-state index contributed by atoms with van der Waals surface area (Å²) in [5, 5.41) is 6.40. The van der Waals surface area contributed by atoms with E-state index in [1.54, 1.807) is 30.5 Å². The van der Waals surface area contributed by atoms with E-state index in [0.717, 1.165) is 29.9 Å². The Kier molecular flexibility index (Phi) is 5.77. The van der Waals surface area contributed by atoms with E-state index in [1.807, 2.05) is 23.9 Å². The number of rotatable bonds is 4. The van der Waals surface area contributed by atoms with Gasteiger partial charge in [0, 0.05) is 52.7 Å². The topological polar surface area (TPSA) is 77.2 Å². The van der Waals surface area contributed by atoms with Gasteiger partial charge in [-0.2, -0.15) is 0 Å². The van der Waals surface area contributed by atoms with Crippen molar-refractivity contribution in [3.63, 3.8) is 0 Å². The summed E-state index contributed by atoms with van der Waals surface area (Å²) in [5.41, 5.74) is 0.992. The number of furan rings is 1. The number of piperazine rings is 1. The van der Waals surface area contributed by atoms with Crippen molar-refractivity contribution in [1.82, 2.24) is 20.1 Å². The fraction of sp³-hybridized carbons (Fsp3) is 0.471. The van der Waals surface area contributed by atoms with E-state index in [9.17, 15) is 4.79 Å². The minimum atomic E-state index is -0.0590. The first-order chi connectivity index (χ1) is 12.6. The minimum absolute atomic E-state index is 0.0590. The molecule has 2 aromatic rings. The highest BCUT2D eigenvalue weighted by Gasteiger charge is 2.25. The molecule has 1 fully saturated rings. The highest BCUT2D eigenvalue weighted by atomic mass is 32.1. The normalized spacial score (nSPS) is 15.3. The van der Waals surface area contributed by atoms with Gasteiger partial charge in [-0.05, 0) is 12.1 Å². The summed E-state index contributed by atoms with van der Waals surface area (Å²) in [6.07, 6.45) is 1.52. The first-order valence-corrected chi connectivity index (χ1v) is 9.36. The summed E-state index contributed by atoms with van der Waals surface area (Å²) in [6.45, 7) is 3.37. The van der Waals surface area contributed by atoms with Crippen LogP contribution in [0.5, 0.6) is 0 Å². The third-order valence-electron chi connectivity index (χ3n) is 4.16. The van der Waals surface area contributed by atoms with Crippen LogP contribution >= 0.6 is 11.3 Å². The number of nitrogens with zero attached hydrogens (tertiary/aromatic N) is 5. The van der Waals surface area contributed by atoms with Crippen LogP contribution in [0.3, 0.4) is 0 Å². The molecule has 0 spiro atoms. The number of hydrogen-bond acceptors (Lipinski definition) is 6. The maximum atomic E-state index is 12.3. The molecular formula is C17H24N6O2S. The molecule has 0 saturated carbocycles. The Labute approximate surface area is 157 Å². The lowest BCUT2D eigenvalue weighted by Crippen LogP contribution is -2.53. The van der Waals surface area contributed by atoms with Crippen molar-refractivity contribution in [2.75, 3.05) is 52.2 Å². The molecule has 0 unspecified atom stereocenters. The van der Waals surface area contributed by atoms with Crippen molar-refractivity contribution >= 4 is 28.3 Å². The Morgan fingerprint density at radius 1 is 1.35 bits per heavy atom. The van der Waals surface area contributed by atoms with Crippen molar-refractivity contribution in [1.29, 1.82) is 0 Å². The molecule has 8 nitrogen and oxygen atoms in total. The van der Waals surface area contributed by atoms with Gasteiger partial charge in [0.1, 0.15) is 0 Å². The molecule has 1 aliphatic heterocycles. The highest BCUT2D eigenvalue weighted by molar-refractivity contribution is 7.13. The van der Waals surface area contributed by atoms with Crippen LogP contribution in [0.4, 0.5) is 5.13 Å². The van der Waals surface area contributed by atoms with Gasteiger partial charge in [-0.25, -0.2) is 4.98 Å². The van der Waals surface area contributed by atoms with E-state index in [2.05, 4.69) is 25.6 Å². The summed E-state index contributed by atoms with van der Waals surface area (Å²) in [7, 11) is 5.74. The molecule has 1 aliphatic rings. The van der Waals surface area contributed by atoms with E-state index in [-0.39, 0.29) is 5.91 Å². The second-order valence-electron chi connectivity index (χ2n) is 6.17. The quantitative estimate of drug-likeness (QED) is 0.641. The van der Waals surface area contributed by atoms with Crippen LogP contribution in [0.1, 0.15) is 16.2 Å². The minimum Gasteiger partial charge on any atom is -0.459 e. The lowest BCUT2D eigenvalue weighted by atomic mass is 10.3. The number of amides is 1. The summed E-state index contributed by atoms with van der Waals surface area (Å²) >= 11 is 1.62. The number of carbonyl (C=O) groups excluding carboxylic acids is 1. The Balaban J connectivity index is 1.51. The summed E-state index contributed by atoms with van der Waals surface area (Å²) < 4.78 is 5.20. The van der Waals surface area contributed by atoms with Crippen LogP contribution in [-0.4, -0.2) is 74.0 Å². The van der Waals surface area contributed by atoms with Gasteiger partial charge in [0.2, 0.25) is 0 Å². The zero-order chi connectivity index (χ0) is 18.5. The van der Waals surface area contributed by atoms with E-state index in [1.165, 1.54) is 6.26 Å². The number of anilines is 1. The van der Waals surface area contributed by atoms with Crippen molar-refractivity contribution in [2.45, 2.75) is 6.54 Å². The third kappa shape index (κ3) is 4.16. The molecule has 3 rings (SSSR count). The van der Waals surface area contributed by atoms with Gasteiger partial charge in [0.15, 0.2) is 16.9 Å². The Morgan fingerprint density at radius 3 is 2.65 bits per heavy atom. The summed E-state index contributed by atoms with van der Waals surface area (Å²) in [5.74, 6) is 1.16. The van der Waals surface area contributed by atoms with Crippen molar-refractivity contribution in [2.24, 2.45) is 4.99 Å². The van der Waals surface area contributed by atoms with Gasteiger partial charge < -0.3 is 24.4 Å². The standard InChI is InChI=1S/C17H24N6O2S/c1-18-16(19-11-13-12-26-17(20-13)21(2)3)23-8-6-22(7-9-23)15(24)14-5-4-10-25-14/h4-5,10,12H,6-9,11H2,1-3H3,(H,18,19). The zero-order valence-corrected chi connectivity index (χ0v) is 16.1. The lowest BCUT2D eigenvalue weighted by molar-refractivity contribution is 0.0657. The number of aliphatic imine (C=N–C) groups is 1. The van der Waals surface area contributed by atoms with Gasteiger partial charge in [0.25, 0.3) is 5.91 Å². The number of nitrogens with one attached hydrogen (secondary N) is 1. The van der Waals surface area contributed by atoms with Crippen molar-refractivity contribution < 1.29 is 9.21 Å². The van der Waals surface area contributed by atoms with E-state index < -0.39 is 0 Å². The molecule has 1 amide bonds. The fourth-order valence-electron chi connectivity index (χ4n) is 2.76. The van der Waals surface area contributed by atoms with Crippen molar-refractivity contribution in [3.8, 4) is 0 Å². The maximum Gasteiger partial charge on any atom is 0.289 e. The number of aromatic nitrogens is 1. The van der Waals surface area contributed by atoms with Crippen LogP contribution in [-0.2, 0) is 6.54 Å². The average molecular weight is 376 g/mol. The first-order valence-electron chi connectivity index (χ1n) is 8.48. The molecule has 26 heavy (non-hydrogen) atoms. The second-order valence-corrected chi connectivity index (χ2v) is 7.01. The van der Waals surface area contributed by atoms with Gasteiger partial charge in [-0.3, -0.25) is 9.79 Å². The third-order valence-corrected chi connectivity index (χ3v) is 5.22. The Morgan fingerprint density at radius 2 is 2.08 bits per heavy atom. The van der Waals surface area contributed by atoms with Crippen LogP contribution in [0.15, 0.2) is 33.2 Å². The molecule has 1 N–H and O–H groups in total. The molecule has 0 radical (unpaired) electrons. The highest BCUT2D eigenvalue weighted by Crippen LogP contribution is 2.17. The summed E-state index contributed by atoms with van der Waals surface area (Å²) in [6, 6.07) is 3.43. The molecule has 0 aromatic carbocycles. The van der Waals surface area contributed by atoms with Crippen molar-refractivity contribution in [3.05, 3.63) is 35.2 Å². The van der Waals surface area contributed by atoms with Crippen LogP contribution in [0, 0.1) is 0 Å². The molecule has 3 heterocycles. The predicted molar refractivity (Wildman–Crippen MR) is 103 cm³/mol. The van der Waals surface area contributed by atoms with E-state index in [4.69, 9.17) is 4.42 Å². The zero-order valence-electron chi connectivity index (χ0n) is 15.3. The molecule has 0 bridgehead atoms. The SMILES string of the molecule is CN=C(NCc1csc(N(C)C)n1)N1CCN(C(=O)c2ccco2)CC1. The largest absolute Gasteiger partial charge is 0.459 e. The second kappa shape index (κ2) is 8.22. The molecule has 0 aliphatic carbocycles. The first kappa shape index (κ1) is 18.2. The number of hydrogen-bond donors (Lipinski definition) is 1. The number of carbonyl (C=O) groups is 1. The van der Waals surface area contributed by atoms with Crippen LogP contribution in [0.2, 0.25) is 0 Å². The molecule has 0 atom stereocenters. The lowest BCUT2D eigenvalue weighted by Gasteiger charge is -2.36. The smallest absolute Gasteiger partial charge is 0.289 e. The average Bonchev–Trinajstić information content (AvgIpc) is 3.34. The molecule has 1 saturated heterocycles. The van der Waals surface area contributed by atoms with Crippen LogP contribution < -0.4 is 10.2 Å². The fourth-order valence-corrected chi connectivity index (χ4v) is 3.52. The predicted octanol–water partition coefficient (Wildman–Crippen LogP) is 1.34. The molecule has 2 aromatic heterocycles. The van der Waals surface area contributed by atoms with Gasteiger partial charge in [0.05, 0.1) is 18.5 Å². The molecule has 9 heteroatoms. The van der Waals surface area contributed by atoms with E-state index >= 15 is 0 Å². The van der Waals surface area contributed by atoms with Gasteiger partial charge in [-0.1, -0.05) is 0 Å². The Bertz CT molecular complexity index is 747. The van der Waals surface area contributed by atoms with Crippen LogP contribution in [0.25, 0.3) is 0 Å². The summed E-state index contributed by atoms with van der Waals surface area (Å²) in [4.78, 5) is 27.2. The van der Waals surface area contributed by atoms with Gasteiger partial charge >= 0.3 is 0 Å². The molecule has 140 valence electrons. The maximum absolute atomic E-state index is 12.3. The van der Waals surface area contributed by atoms with E-state index in [0.29, 0.717) is 25.4 Å². The monoisotopic (exact) mass is 376 g/mol. The Hall–Kier alpha value is -2.55. The molecular weight excluding hydrogens is 352 g/mol. The van der Waals surface area contributed by atoms with Gasteiger partial charge in [-0.15, -0.1) is 11.3 Å². The number of thiazole rings is 1.